The molecular weight excluding hydrogens is 568 g/mol. The number of nitrogens with one attached hydrogen (secondary N) is 1. The Morgan fingerprint density at radius 3 is 2.54 bits per heavy atom. The second-order valence-electron chi connectivity index (χ2n) is 8.29. The van der Waals surface area contributed by atoms with E-state index in [9.17, 15) is 14.9 Å². The van der Waals surface area contributed by atoms with Gasteiger partial charge in [0.05, 0.1) is 11.1 Å². The first kappa shape index (κ1) is 27.2. The molecule has 39 heavy (non-hydrogen) atoms. The lowest BCUT2D eigenvalue weighted by Crippen LogP contribution is -2.17. The number of hydrogen-bond acceptors (Lipinski definition) is 7. The molecule has 0 atom stereocenters. The number of aromatic nitrogens is 1. The molecule has 2 aromatic heterocycles. The summed E-state index contributed by atoms with van der Waals surface area (Å²) in [5.41, 5.74) is 5.59. The van der Waals surface area contributed by atoms with Gasteiger partial charge in [-0.1, -0.05) is 21.9 Å². The molecule has 2 aromatic carbocycles. The predicted octanol–water partition coefficient (Wildman–Crippen LogP) is 5.71. The minimum atomic E-state index is -0.616. The van der Waals surface area contributed by atoms with E-state index < -0.39 is 10.8 Å². The van der Waals surface area contributed by atoms with E-state index in [1.165, 1.54) is 18.3 Å². The van der Waals surface area contributed by atoms with Crippen LogP contribution < -0.4 is 14.9 Å². The fourth-order valence-corrected chi connectivity index (χ4v) is 4.28. The van der Waals surface area contributed by atoms with Crippen LogP contribution in [0.4, 0.5) is 5.69 Å². The number of furan rings is 1. The molecule has 0 saturated heterocycles. The Labute approximate surface area is 232 Å². The maximum Gasteiger partial charge on any atom is 0.312 e. The largest absolute Gasteiger partial charge is 0.486 e. The molecule has 4 aromatic rings. The van der Waals surface area contributed by atoms with Crippen LogP contribution in [0.1, 0.15) is 33.3 Å². The maximum absolute atomic E-state index is 12.5. The van der Waals surface area contributed by atoms with Gasteiger partial charge in [0.2, 0.25) is 5.75 Å². The highest BCUT2D eigenvalue weighted by Gasteiger charge is 2.20. The number of benzene rings is 2. The van der Waals surface area contributed by atoms with Crippen molar-refractivity contribution in [3.63, 3.8) is 0 Å². The number of nitro groups is 1. The van der Waals surface area contributed by atoms with Crippen molar-refractivity contribution in [2.24, 2.45) is 5.10 Å². The zero-order chi connectivity index (χ0) is 27.9. The normalized spacial score (nSPS) is 10.8. The zero-order valence-electron chi connectivity index (χ0n) is 21.0. The fraction of sp³-hybridized carbons (Fsp3) is 0.143. The standard InChI is InChI=1S/C28H23BrN4O6/c1-4-13-37-27-20(14-21(29)15-25(27)33(35)36)16-30-31-28(34)26-12-11-24(39-26)17-38-23-9-7-22(8-10-23)32-18(2)5-6-19(32)3/h1,5-12,14-16H,13,17H2,2-3H3,(H,31,34)/b30-16+. The van der Waals surface area contributed by atoms with Gasteiger partial charge in [-0.05, 0) is 68.4 Å². The number of terminal acetylenes is 1. The second-order valence-corrected chi connectivity index (χ2v) is 9.21. The quantitative estimate of drug-likeness (QED) is 0.109. The van der Waals surface area contributed by atoms with Crippen LogP contribution in [-0.2, 0) is 6.61 Å². The summed E-state index contributed by atoms with van der Waals surface area (Å²) < 4.78 is 19.3. The van der Waals surface area contributed by atoms with Crippen molar-refractivity contribution >= 4 is 33.7 Å². The first-order valence-corrected chi connectivity index (χ1v) is 12.4. The summed E-state index contributed by atoms with van der Waals surface area (Å²) in [6.45, 7) is 4.04. The SMILES string of the molecule is C#CCOc1c(/C=N/NC(=O)c2ccc(COc3ccc(-n4c(C)ccc4C)cc3)o2)cc(Br)cc1[N+](=O)[O-]. The van der Waals surface area contributed by atoms with E-state index in [0.29, 0.717) is 16.0 Å². The second kappa shape index (κ2) is 12.1. The van der Waals surface area contributed by atoms with Crippen molar-refractivity contribution < 1.29 is 23.6 Å². The number of carbonyl (C=O) groups excluding carboxylic acids is 1. The van der Waals surface area contributed by atoms with Crippen molar-refractivity contribution in [2.45, 2.75) is 20.5 Å². The van der Waals surface area contributed by atoms with E-state index in [1.54, 1.807) is 12.1 Å². The Hall–Kier alpha value is -4.82. The molecule has 10 nitrogen and oxygen atoms in total. The third-order valence-corrected chi connectivity index (χ3v) is 6.02. The Bertz CT molecular complexity index is 1560. The van der Waals surface area contributed by atoms with Crippen LogP contribution in [0, 0.1) is 36.3 Å². The molecule has 0 saturated carbocycles. The number of hydrazone groups is 1. The van der Waals surface area contributed by atoms with Gasteiger partial charge >= 0.3 is 11.6 Å². The van der Waals surface area contributed by atoms with Crippen molar-refractivity contribution in [3.05, 3.63) is 104 Å². The molecule has 1 amide bonds. The van der Waals surface area contributed by atoms with Gasteiger partial charge in [-0.15, -0.1) is 6.42 Å². The summed E-state index contributed by atoms with van der Waals surface area (Å²) in [4.78, 5) is 23.3. The first-order valence-electron chi connectivity index (χ1n) is 11.6. The molecule has 0 unspecified atom stereocenters. The minimum absolute atomic E-state index is 0.0173. The number of nitro benzene ring substituents is 1. The summed E-state index contributed by atoms with van der Waals surface area (Å²) >= 11 is 3.22. The molecule has 0 radical (unpaired) electrons. The van der Waals surface area contributed by atoms with Crippen LogP contribution >= 0.6 is 15.9 Å². The molecule has 0 aliphatic carbocycles. The van der Waals surface area contributed by atoms with Crippen molar-refractivity contribution in [1.82, 2.24) is 9.99 Å². The van der Waals surface area contributed by atoms with Gasteiger partial charge in [-0.25, -0.2) is 5.43 Å². The van der Waals surface area contributed by atoms with E-state index in [2.05, 4.69) is 49.1 Å². The van der Waals surface area contributed by atoms with Gasteiger partial charge in [-0.3, -0.25) is 14.9 Å². The maximum atomic E-state index is 12.5. The third-order valence-electron chi connectivity index (χ3n) is 5.56. The van der Waals surface area contributed by atoms with Gasteiger partial charge in [0.25, 0.3) is 0 Å². The fourth-order valence-electron chi connectivity index (χ4n) is 3.82. The lowest BCUT2D eigenvalue weighted by Gasteiger charge is -2.10. The average molecular weight is 591 g/mol. The number of ether oxygens (including phenoxy) is 2. The van der Waals surface area contributed by atoms with Crippen LogP contribution in [0.3, 0.4) is 0 Å². The molecule has 2 heterocycles. The van der Waals surface area contributed by atoms with E-state index in [0.717, 1.165) is 17.1 Å². The van der Waals surface area contributed by atoms with Crippen LogP contribution in [0.2, 0.25) is 0 Å². The van der Waals surface area contributed by atoms with Gasteiger partial charge in [-0.2, -0.15) is 5.10 Å². The van der Waals surface area contributed by atoms with Gasteiger partial charge in [0.15, 0.2) is 5.76 Å². The summed E-state index contributed by atoms with van der Waals surface area (Å²) in [6.07, 6.45) is 6.43. The molecule has 198 valence electrons. The highest BCUT2D eigenvalue weighted by Crippen LogP contribution is 2.33. The number of hydrogen-bond donors (Lipinski definition) is 1. The van der Waals surface area contributed by atoms with Gasteiger partial charge in [0.1, 0.15) is 24.7 Å². The van der Waals surface area contributed by atoms with E-state index in [-0.39, 0.29) is 36.0 Å². The van der Waals surface area contributed by atoms with Crippen LogP contribution in [0.15, 0.2) is 74.7 Å². The average Bonchev–Trinajstić information content (AvgIpc) is 3.53. The number of aryl methyl sites for hydroxylation is 2. The number of halogens is 1. The van der Waals surface area contributed by atoms with E-state index in [4.69, 9.17) is 20.3 Å². The zero-order valence-corrected chi connectivity index (χ0v) is 22.6. The Balaban J connectivity index is 1.37. The Morgan fingerprint density at radius 1 is 1.15 bits per heavy atom. The van der Waals surface area contributed by atoms with Crippen LogP contribution in [0.25, 0.3) is 5.69 Å². The molecular formula is C28H23BrN4O6. The lowest BCUT2D eigenvalue weighted by molar-refractivity contribution is -0.385. The first-order chi connectivity index (χ1) is 18.8. The number of amides is 1. The molecule has 0 fully saturated rings. The summed E-state index contributed by atoms with van der Waals surface area (Å²) in [5, 5.41) is 15.3. The third kappa shape index (κ3) is 6.55. The summed E-state index contributed by atoms with van der Waals surface area (Å²) in [6, 6.07) is 17.8. The van der Waals surface area contributed by atoms with Gasteiger partial charge < -0.3 is 18.5 Å². The smallest absolute Gasteiger partial charge is 0.312 e. The van der Waals surface area contributed by atoms with Crippen molar-refractivity contribution in [1.29, 1.82) is 0 Å². The monoisotopic (exact) mass is 590 g/mol. The molecule has 4 rings (SSSR count). The van der Waals surface area contributed by atoms with Crippen molar-refractivity contribution in [3.8, 4) is 29.5 Å². The lowest BCUT2D eigenvalue weighted by atomic mass is 10.2. The summed E-state index contributed by atoms with van der Waals surface area (Å²) in [5.74, 6) is 2.69. The van der Waals surface area contributed by atoms with Crippen LogP contribution in [-0.4, -0.2) is 28.2 Å². The minimum Gasteiger partial charge on any atom is -0.486 e. The molecule has 0 aliphatic rings. The molecule has 0 bridgehead atoms. The number of nitrogens with zero attached hydrogens (tertiary/aromatic N) is 3. The van der Waals surface area contributed by atoms with E-state index in [1.807, 2.05) is 38.1 Å². The molecule has 0 spiro atoms. The molecule has 0 aliphatic heterocycles. The van der Waals surface area contributed by atoms with Gasteiger partial charge in [0, 0.05) is 33.2 Å². The predicted molar refractivity (Wildman–Crippen MR) is 148 cm³/mol. The summed E-state index contributed by atoms with van der Waals surface area (Å²) in [7, 11) is 0. The highest BCUT2D eigenvalue weighted by atomic mass is 79.9. The van der Waals surface area contributed by atoms with E-state index >= 15 is 0 Å². The topological polar surface area (TPSA) is 121 Å². The number of rotatable bonds is 10. The number of carbonyl (C=O) groups is 1. The van der Waals surface area contributed by atoms with Crippen LogP contribution in [0.5, 0.6) is 11.5 Å². The van der Waals surface area contributed by atoms with Crippen molar-refractivity contribution in [2.75, 3.05) is 6.61 Å². The highest BCUT2D eigenvalue weighted by molar-refractivity contribution is 9.10. The Morgan fingerprint density at radius 2 is 1.87 bits per heavy atom. The molecule has 1 N–H and O–H groups in total. The molecule has 11 heteroatoms. The Kier molecular flexibility index (Phi) is 8.48.